The van der Waals surface area contributed by atoms with Gasteiger partial charge in [0.1, 0.15) is 11.9 Å². The van der Waals surface area contributed by atoms with E-state index < -0.39 is 0 Å². The molecule has 1 unspecified atom stereocenters. The third-order valence-corrected chi connectivity index (χ3v) is 4.50. The fourth-order valence-electron chi connectivity index (χ4n) is 2.86. The van der Waals surface area contributed by atoms with Gasteiger partial charge in [-0.25, -0.2) is 4.79 Å². The molecule has 1 aromatic rings. The highest BCUT2D eigenvalue weighted by atomic mass is 16.5. The lowest BCUT2D eigenvalue weighted by Crippen LogP contribution is -2.52. The monoisotopic (exact) mass is 304 g/mol. The number of carbonyl (C=O) groups excluding carboxylic acids is 1. The van der Waals surface area contributed by atoms with Gasteiger partial charge in [0.2, 0.25) is 0 Å². The first kappa shape index (κ1) is 15.2. The number of benzene rings is 1. The minimum atomic E-state index is -0.152. The Morgan fingerprint density at radius 2 is 2.23 bits per heavy atom. The summed E-state index contributed by atoms with van der Waals surface area (Å²) in [5.41, 5.74) is 1.76. The van der Waals surface area contributed by atoms with Crippen molar-refractivity contribution in [3.8, 4) is 5.75 Å². The Morgan fingerprint density at radius 1 is 1.41 bits per heavy atom. The number of nitrogens with one attached hydrogen (secondary N) is 2. The van der Waals surface area contributed by atoms with Gasteiger partial charge in [0.25, 0.3) is 0 Å². The third-order valence-electron chi connectivity index (χ3n) is 4.50. The molecule has 3 rings (SSSR count). The largest absolute Gasteiger partial charge is 0.488 e. The first-order chi connectivity index (χ1) is 10.5. The fraction of sp³-hybridized carbons (Fsp3) is 0.588. The van der Waals surface area contributed by atoms with E-state index in [4.69, 9.17) is 9.47 Å². The van der Waals surface area contributed by atoms with Crippen LogP contribution >= 0.6 is 0 Å². The van der Waals surface area contributed by atoms with Gasteiger partial charge in [0.15, 0.2) is 0 Å². The zero-order chi connectivity index (χ0) is 15.6. The summed E-state index contributed by atoms with van der Waals surface area (Å²) in [5.74, 6) is 0.808. The van der Waals surface area contributed by atoms with Crippen LogP contribution in [-0.4, -0.2) is 30.9 Å². The maximum Gasteiger partial charge on any atom is 0.319 e. The molecule has 1 aromatic carbocycles. The van der Waals surface area contributed by atoms with E-state index in [9.17, 15) is 4.79 Å². The van der Waals surface area contributed by atoms with Crippen LogP contribution in [0.25, 0.3) is 0 Å². The molecule has 2 aliphatic rings. The van der Waals surface area contributed by atoms with E-state index in [0.717, 1.165) is 42.9 Å². The molecule has 0 aromatic heterocycles. The zero-order valence-electron chi connectivity index (χ0n) is 13.3. The van der Waals surface area contributed by atoms with Crippen molar-refractivity contribution in [3.63, 3.8) is 0 Å². The van der Waals surface area contributed by atoms with Gasteiger partial charge in [-0.3, -0.25) is 0 Å². The van der Waals surface area contributed by atoms with Gasteiger partial charge in [-0.1, -0.05) is 6.07 Å². The van der Waals surface area contributed by atoms with Crippen molar-refractivity contribution in [2.45, 2.75) is 51.2 Å². The second-order valence-electron chi connectivity index (χ2n) is 6.58. The highest BCUT2D eigenvalue weighted by Crippen LogP contribution is 2.31. The summed E-state index contributed by atoms with van der Waals surface area (Å²) in [4.78, 5) is 12.1. The summed E-state index contributed by atoms with van der Waals surface area (Å²) in [7, 11) is 0. The highest BCUT2D eigenvalue weighted by Gasteiger charge is 2.33. The molecule has 2 fully saturated rings. The highest BCUT2D eigenvalue weighted by molar-refractivity contribution is 5.90. The number of amides is 2. The van der Waals surface area contributed by atoms with Crippen LogP contribution in [0.2, 0.25) is 0 Å². The second-order valence-corrected chi connectivity index (χ2v) is 6.58. The number of aryl methyl sites for hydroxylation is 1. The quantitative estimate of drug-likeness (QED) is 0.898. The Kier molecular flexibility index (Phi) is 4.25. The smallest absolute Gasteiger partial charge is 0.319 e. The van der Waals surface area contributed by atoms with Gasteiger partial charge in [0, 0.05) is 23.7 Å². The average molecular weight is 304 g/mol. The lowest BCUT2D eigenvalue weighted by Gasteiger charge is -2.39. The summed E-state index contributed by atoms with van der Waals surface area (Å²) < 4.78 is 11.3. The molecular weight excluding hydrogens is 280 g/mol. The van der Waals surface area contributed by atoms with Gasteiger partial charge in [-0.2, -0.15) is 0 Å². The lowest BCUT2D eigenvalue weighted by molar-refractivity contribution is 0.141. The molecule has 120 valence electrons. The van der Waals surface area contributed by atoms with Crippen molar-refractivity contribution < 1.29 is 14.3 Å². The minimum Gasteiger partial charge on any atom is -0.488 e. The Labute approximate surface area is 131 Å². The molecular formula is C17H24N2O3. The molecule has 2 amide bonds. The number of hydrogen-bond acceptors (Lipinski definition) is 3. The normalized spacial score (nSPS) is 22.7. The molecule has 1 aliphatic carbocycles. The van der Waals surface area contributed by atoms with Crippen molar-refractivity contribution in [3.05, 3.63) is 23.8 Å². The summed E-state index contributed by atoms with van der Waals surface area (Å²) in [6.45, 7) is 5.48. The van der Waals surface area contributed by atoms with Crippen molar-refractivity contribution in [1.29, 1.82) is 0 Å². The van der Waals surface area contributed by atoms with Crippen LogP contribution in [0.1, 0.15) is 38.2 Å². The predicted molar refractivity (Wildman–Crippen MR) is 85.4 cm³/mol. The maximum absolute atomic E-state index is 12.1. The van der Waals surface area contributed by atoms with E-state index in [-0.39, 0.29) is 17.7 Å². The van der Waals surface area contributed by atoms with Crippen LogP contribution in [-0.2, 0) is 4.74 Å². The van der Waals surface area contributed by atoms with Gasteiger partial charge >= 0.3 is 6.03 Å². The zero-order valence-corrected chi connectivity index (χ0v) is 13.3. The first-order valence-corrected chi connectivity index (χ1v) is 7.98. The maximum atomic E-state index is 12.1. The fourth-order valence-corrected chi connectivity index (χ4v) is 2.86. The first-order valence-electron chi connectivity index (χ1n) is 7.98. The van der Waals surface area contributed by atoms with Gasteiger partial charge in [-0.15, -0.1) is 0 Å². The summed E-state index contributed by atoms with van der Waals surface area (Å²) in [6, 6.07) is 5.60. The molecule has 1 saturated heterocycles. The molecule has 5 heteroatoms. The molecule has 2 N–H and O–H groups in total. The van der Waals surface area contributed by atoms with E-state index in [1.807, 2.05) is 25.1 Å². The molecule has 1 aliphatic heterocycles. The molecule has 0 radical (unpaired) electrons. The summed E-state index contributed by atoms with van der Waals surface area (Å²) in [5, 5.41) is 5.94. The SMILES string of the molecule is Cc1ccc(NC(=O)NC2(C)CCC2)cc1OC1CCOC1. The van der Waals surface area contributed by atoms with Crippen LogP contribution in [0.4, 0.5) is 10.5 Å². The van der Waals surface area contributed by atoms with Crippen LogP contribution in [0.5, 0.6) is 5.75 Å². The Balaban J connectivity index is 1.62. The van der Waals surface area contributed by atoms with E-state index in [0.29, 0.717) is 6.61 Å². The van der Waals surface area contributed by atoms with Crippen molar-refractivity contribution in [2.24, 2.45) is 0 Å². The summed E-state index contributed by atoms with van der Waals surface area (Å²) in [6.07, 6.45) is 4.30. The Hall–Kier alpha value is -1.75. The van der Waals surface area contributed by atoms with Crippen LogP contribution in [0, 0.1) is 6.92 Å². The Morgan fingerprint density at radius 3 is 2.86 bits per heavy atom. The number of anilines is 1. The van der Waals surface area contributed by atoms with E-state index in [1.165, 1.54) is 6.42 Å². The molecule has 0 spiro atoms. The number of carbonyl (C=O) groups is 1. The Bertz CT molecular complexity index is 549. The van der Waals surface area contributed by atoms with E-state index >= 15 is 0 Å². The molecule has 1 heterocycles. The van der Waals surface area contributed by atoms with Crippen molar-refractivity contribution in [1.82, 2.24) is 5.32 Å². The molecule has 5 nitrogen and oxygen atoms in total. The third kappa shape index (κ3) is 3.53. The van der Waals surface area contributed by atoms with E-state index in [2.05, 4.69) is 17.6 Å². The molecule has 1 saturated carbocycles. The summed E-state index contributed by atoms with van der Waals surface area (Å²) >= 11 is 0. The number of rotatable bonds is 4. The predicted octanol–water partition coefficient (Wildman–Crippen LogP) is 3.23. The molecule has 0 bridgehead atoms. The molecule has 22 heavy (non-hydrogen) atoms. The van der Waals surface area contributed by atoms with Crippen LogP contribution in [0.15, 0.2) is 18.2 Å². The lowest BCUT2D eigenvalue weighted by atomic mass is 9.79. The van der Waals surface area contributed by atoms with Crippen LogP contribution in [0.3, 0.4) is 0 Å². The standard InChI is InChI=1S/C17H24N2O3/c1-12-4-5-13(10-15(12)22-14-6-9-21-11-14)18-16(20)19-17(2)7-3-8-17/h4-5,10,14H,3,6-9,11H2,1-2H3,(H2,18,19,20). The number of urea groups is 1. The topological polar surface area (TPSA) is 59.6 Å². The number of hydrogen-bond donors (Lipinski definition) is 2. The van der Waals surface area contributed by atoms with Crippen molar-refractivity contribution in [2.75, 3.05) is 18.5 Å². The average Bonchev–Trinajstić information content (AvgIpc) is 2.93. The second kappa shape index (κ2) is 6.16. The number of ether oxygens (including phenoxy) is 2. The van der Waals surface area contributed by atoms with Gasteiger partial charge < -0.3 is 20.1 Å². The van der Waals surface area contributed by atoms with Gasteiger partial charge in [0.05, 0.1) is 13.2 Å². The van der Waals surface area contributed by atoms with Crippen LogP contribution < -0.4 is 15.4 Å². The molecule has 1 atom stereocenters. The van der Waals surface area contributed by atoms with Crippen molar-refractivity contribution >= 4 is 11.7 Å². The minimum absolute atomic E-state index is 0.0463. The van der Waals surface area contributed by atoms with E-state index in [1.54, 1.807) is 0 Å². The van der Waals surface area contributed by atoms with Gasteiger partial charge in [-0.05, 0) is 44.7 Å².